The van der Waals surface area contributed by atoms with Crippen molar-refractivity contribution < 1.29 is 0 Å². The van der Waals surface area contributed by atoms with E-state index >= 15 is 0 Å². The van der Waals surface area contributed by atoms with Crippen LogP contribution in [0.3, 0.4) is 0 Å². The standard InChI is InChI=1S/C30H20N4/c1-3-11-21(12-4-1)24-19-32-27(20-31-24)34-25-16-8-7-15-23(25)29-30(34)28(22-13-5-2-6-14-22)26-17-9-10-18-33(26)29/h1-20H. The zero-order chi connectivity index (χ0) is 22.5. The lowest BCUT2D eigenvalue weighted by molar-refractivity contribution is 1.05. The van der Waals surface area contributed by atoms with Gasteiger partial charge in [-0.1, -0.05) is 84.9 Å². The molecular weight excluding hydrogens is 416 g/mol. The largest absolute Gasteiger partial charge is 0.314 e. The summed E-state index contributed by atoms with van der Waals surface area (Å²) in [7, 11) is 0. The quantitative estimate of drug-likeness (QED) is 0.295. The molecule has 34 heavy (non-hydrogen) atoms. The molecule has 0 aliphatic rings. The highest BCUT2D eigenvalue weighted by Crippen LogP contribution is 2.41. The summed E-state index contributed by atoms with van der Waals surface area (Å²) < 4.78 is 4.55. The van der Waals surface area contributed by atoms with Gasteiger partial charge in [0, 0.05) is 22.7 Å². The lowest BCUT2D eigenvalue weighted by atomic mass is 10.1. The number of hydrogen-bond acceptors (Lipinski definition) is 2. The van der Waals surface area contributed by atoms with Crippen molar-refractivity contribution in [3.05, 3.63) is 122 Å². The number of benzene rings is 3. The smallest absolute Gasteiger partial charge is 0.156 e. The van der Waals surface area contributed by atoms with Gasteiger partial charge in [0.05, 0.1) is 40.2 Å². The maximum Gasteiger partial charge on any atom is 0.156 e. The number of hydrogen-bond donors (Lipinski definition) is 0. The molecule has 0 radical (unpaired) electrons. The van der Waals surface area contributed by atoms with Gasteiger partial charge in [-0.05, 0) is 23.8 Å². The second-order valence-corrected chi connectivity index (χ2v) is 8.37. The predicted octanol–water partition coefficient (Wildman–Crippen LogP) is 7.16. The van der Waals surface area contributed by atoms with Gasteiger partial charge in [-0.2, -0.15) is 0 Å². The SMILES string of the molecule is c1ccc(-c2cnc(-n3c4ccccc4c4c3c(-c3ccccc3)c3ccccn34)cn2)cc1. The third-order valence-electron chi connectivity index (χ3n) is 6.44. The van der Waals surface area contributed by atoms with Crippen LogP contribution in [-0.4, -0.2) is 18.9 Å². The topological polar surface area (TPSA) is 35.1 Å². The fourth-order valence-corrected chi connectivity index (χ4v) is 4.98. The first-order valence-corrected chi connectivity index (χ1v) is 11.4. The highest BCUT2D eigenvalue weighted by atomic mass is 15.1. The van der Waals surface area contributed by atoms with E-state index < -0.39 is 0 Å². The van der Waals surface area contributed by atoms with Gasteiger partial charge < -0.3 is 4.40 Å². The minimum atomic E-state index is 0.805. The Bertz CT molecular complexity index is 1780. The molecule has 0 amide bonds. The molecule has 0 atom stereocenters. The molecular formula is C30H20N4. The van der Waals surface area contributed by atoms with Crippen LogP contribution in [0.5, 0.6) is 0 Å². The number of pyridine rings is 1. The molecule has 0 bridgehead atoms. The Morgan fingerprint density at radius 1 is 0.529 bits per heavy atom. The van der Waals surface area contributed by atoms with Gasteiger partial charge >= 0.3 is 0 Å². The third-order valence-corrected chi connectivity index (χ3v) is 6.44. The monoisotopic (exact) mass is 436 g/mol. The van der Waals surface area contributed by atoms with Gasteiger partial charge in [-0.15, -0.1) is 0 Å². The van der Waals surface area contributed by atoms with Crippen LogP contribution in [0.25, 0.3) is 55.7 Å². The second kappa shape index (κ2) is 7.42. The zero-order valence-electron chi connectivity index (χ0n) is 18.3. The van der Waals surface area contributed by atoms with Gasteiger partial charge in [0.1, 0.15) is 0 Å². The van der Waals surface area contributed by atoms with Crippen molar-refractivity contribution in [1.82, 2.24) is 18.9 Å². The lowest BCUT2D eigenvalue weighted by Gasteiger charge is -2.09. The average molecular weight is 437 g/mol. The van der Waals surface area contributed by atoms with Gasteiger partial charge in [-0.3, -0.25) is 9.55 Å². The van der Waals surface area contributed by atoms with E-state index in [1.165, 1.54) is 27.5 Å². The number of fused-ring (bicyclic) bond motifs is 5. The molecule has 4 nitrogen and oxygen atoms in total. The van der Waals surface area contributed by atoms with Crippen molar-refractivity contribution >= 4 is 27.5 Å². The second-order valence-electron chi connectivity index (χ2n) is 8.37. The van der Waals surface area contributed by atoms with Crippen molar-refractivity contribution in [1.29, 1.82) is 0 Å². The molecule has 4 aromatic heterocycles. The summed E-state index contributed by atoms with van der Waals surface area (Å²) in [4.78, 5) is 9.68. The average Bonchev–Trinajstić information content (AvgIpc) is 3.42. The Hall–Kier alpha value is -4.70. The van der Waals surface area contributed by atoms with E-state index in [-0.39, 0.29) is 0 Å². The van der Waals surface area contributed by atoms with Crippen molar-refractivity contribution in [3.63, 3.8) is 0 Å². The van der Waals surface area contributed by atoms with Gasteiger partial charge in [0.15, 0.2) is 5.82 Å². The van der Waals surface area contributed by atoms with Crippen molar-refractivity contribution in [2.75, 3.05) is 0 Å². The summed E-state index contributed by atoms with van der Waals surface area (Å²) in [6.45, 7) is 0. The molecule has 0 aliphatic carbocycles. The Morgan fingerprint density at radius 2 is 1.21 bits per heavy atom. The molecule has 0 saturated carbocycles. The maximum atomic E-state index is 4.89. The summed E-state index contributed by atoms with van der Waals surface area (Å²) in [5.74, 6) is 0.805. The number of rotatable bonds is 3. The van der Waals surface area contributed by atoms with E-state index in [4.69, 9.17) is 9.97 Å². The van der Waals surface area contributed by atoms with Crippen LogP contribution in [-0.2, 0) is 0 Å². The lowest BCUT2D eigenvalue weighted by Crippen LogP contribution is -1.99. The summed E-state index contributed by atoms with van der Waals surface area (Å²) in [5, 5.41) is 1.19. The van der Waals surface area contributed by atoms with Crippen LogP contribution >= 0.6 is 0 Å². The Balaban J connectivity index is 1.59. The van der Waals surface area contributed by atoms with Crippen molar-refractivity contribution in [2.24, 2.45) is 0 Å². The zero-order valence-corrected chi connectivity index (χ0v) is 18.3. The summed E-state index contributed by atoms with van der Waals surface area (Å²) in [6, 6.07) is 35.7. The van der Waals surface area contributed by atoms with Gasteiger partial charge in [-0.25, -0.2) is 4.98 Å². The van der Waals surface area contributed by atoms with Crippen LogP contribution in [0.2, 0.25) is 0 Å². The number of aromatic nitrogens is 4. The van der Waals surface area contributed by atoms with Gasteiger partial charge in [0.2, 0.25) is 0 Å². The molecule has 3 aromatic carbocycles. The predicted molar refractivity (Wildman–Crippen MR) is 138 cm³/mol. The minimum absolute atomic E-state index is 0.805. The molecule has 0 fully saturated rings. The molecule has 4 heterocycles. The molecule has 0 aliphatic heterocycles. The molecule has 7 rings (SSSR count). The molecule has 4 heteroatoms. The first kappa shape index (κ1) is 18.8. The highest BCUT2D eigenvalue weighted by molar-refractivity contribution is 6.17. The van der Waals surface area contributed by atoms with Crippen LogP contribution < -0.4 is 0 Å². The third kappa shape index (κ3) is 2.72. The van der Waals surface area contributed by atoms with E-state index in [9.17, 15) is 0 Å². The van der Waals surface area contributed by atoms with E-state index in [0.717, 1.165) is 28.1 Å². The Kier molecular flexibility index (Phi) is 4.11. The maximum absolute atomic E-state index is 4.89. The van der Waals surface area contributed by atoms with Crippen molar-refractivity contribution in [2.45, 2.75) is 0 Å². The van der Waals surface area contributed by atoms with Gasteiger partial charge in [0.25, 0.3) is 0 Å². The molecule has 160 valence electrons. The molecule has 0 spiro atoms. The highest BCUT2D eigenvalue weighted by Gasteiger charge is 2.23. The van der Waals surface area contributed by atoms with Crippen LogP contribution in [0, 0.1) is 0 Å². The van der Waals surface area contributed by atoms with E-state index in [0.29, 0.717) is 0 Å². The van der Waals surface area contributed by atoms with Crippen molar-refractivity contribution in [3.8, 4) is 28.2 Å². The molecule has 0 saturated heterocycles. The first-order valence-electron chi connectivity index (χ1n) is 11.4. The van der Waals surface area contributed by atoms with E-state index in [2.05, 4.69) is 100 Å². The molecule has 0 unspecified atom stereocenters. The Morgan fingerprint density at radius 3 is 1.97 bits per heavy atom. The number of para-hydroxylation sites is 1. The summed E-state index contributed by atoms with van der Waals surface area (Å²) in [5.41, 5.74) is 8.91. The first-order chi connectivity index (χ1) is 16.9. The van der Waals surface area contributed by atoms with Crippen LogP contribution in [0.15, 0.2) is 122 Å². The van der Waals surface area contributed by atoms with E-state index in [1.54, 1.807) is 0 Å². The fourth-order valence-electron chi connectivity index (χ4n) is 4.98. The molecule has 0 N–H and O–H groups in total. The molecule has 7 aromatic rings. The van der Waals surface area contributed by atoms with E-state index in [1.807, 2.05) is 30.6 Å². The minimum Gasteiger partial charge on any atom is -0.314 e. The van der Waals surface area contributed by atoms with Crippen LogP contribution in [0.1, 0.15) is 0 Å². The summed E-state index contributed by atoms with van der Waals surface area (Å²) >= 11 is 0. The number of nitrogens with zero attached hydrogens (tertiary/aromatic N) is 4. The normalized spacial score (nSPS) is 11.5. The Labute approximate surface area is 196 Å². The fraction of sp³-hybridized carbons (Fsp3) is 0. The summed E-state index contributed by atoms with van der Waals surface area (Å²) in [6.07, 6.45) is 5.89. The van der Waals surface area contributed by atoms with Crippen LogP contribution in [0.4, 0.5) is 0 Å².